The number of nitrogens with zero attached hydrogens (tertiary/aromatic N) is 2. The Morgan fingerprint density at radius 1 is 1.28 bits per heavy atom. The predicted molar refractivity (Wildman–Crippen MR) is 72.9 cm³/mol. The standard InChI is InChI=1S/C13H21N3O2/c1-15(2)7-8-16(3)13(17)11-6-5-10(18-4)9-12(11)14/h5-6,9H,7-8,14H2,1-4H3. The first-order valence-corrected chi connectivity index (χ1v) is 5.79. The van der Waals surface area contributed by atoms with Crippen molar-refractivity contribution in [3.05, 3.63) is 23.8 Å². The van der Waals surface area contributed by atoms with E-state index in [1.54, 1.807) is 37.3 Å². The second kappa shape index (κ2) is 6.26. The van der Waals surface area contributed by atoms with Crippen molar-refractivity contribution in [3.8, 4) is 5.75 Å². The monoisotopic (exact) mass is 251 g/mol. The van der Waals surface area contributed by atoms with Gasteiger partial charge in [-0.1, -0.05) is 0 Å². The number of nitrogen functional groups attached to an aromatic ring is 1. The van der Waals surface area contributed by atoms with Gasteiger partial charge in [0.15, 0.2) is 0 Å². The summed E-state index contributed by atoms with van der Waals surface area (Å²) in [5.41, 5.74) is 6.81. The normalized spacial score (nSPS) is 10.5. The molecule has 0 spiro atoms. The van der Waals surface area contributed by atoms with Crippen molar-refractivity contribution in [2.24, 2.45) is 0 Å². The van der Waals surface area contributed by atoms with E-state index in [2.05, 4.69) is 0 Å². The fourth-order valence-electron chi connectivity index (χ4n) is 1.52. The van der Waals surface area contributed by atoms with Crippen LogP contribution in [0.5, 0.6) is 5.75 Å². The smallest absolute Gasteiger partial charge is 0.255 e. The zero-order valence-corrected chi connectivity index (χ0v) is 11.4. The number of hydrogen-bond donors (Lipinski definition) is 1. The Balaban J connectivity index is 2.77. The minimum atomic E-state index is -0.0722. The van der Waals surface area contributed by atoms with Crippen LogP contribution in [-0.2, 0) is 0 Å². The van der Waals surface area contributed by atoms with Crippen molar-refractivity contribution in [1.82, 2.24) is 9.80 Å². The molecule has 0 saturated heterocycles. The van der Waals surface area contributed by atoms with E-state index in [0.717, 1.165) is 6.54 Å². The van der Waals surface area contributed by atoms with Gasteiger partial charge in [0.1, 0.15) is 5.75 Å². The third-order valence-corrected chi connectivity index (χ3v) is 2.72. The molecule has 5 nitrogen and oxygen atoms in total. The first-order valence-electron chi connectivity index (χ1n) is 5.79. The summed E-state index contributed by atoms with van der Waals surface area (Å²) in [5.74, 6) is 0.581. The number of nitrogens with two attached hydrogens (primary N) is 1. The number of anilines is 1. The molecule has 0 radical (unpaired) electrons. The molecule has 0 aliphatic carbocycles. The maximum Gasteiger partial charge on any atom is 0.255 e. The van der Waals surface area contributed by atoms with Crippen LogP contribution in [0.4, 0.5) is 5.69 Å². The Labute approximate surface area is 108 Å². The highest BCUT2D eigenvalue weighted by Gasteiger charge is 2.15. The second-order valence-electron chi connectivity index (χ2n) is 4.48. The summed E-state index contributed by atoms with van der Waals surface area (Å²) in [6.45, 7) is 1.48. The van der Waals surface area contributed by atoms with E-state index in [4.69, 9.17) is 10.5 Å². The van der Waals surface area contributed by atoms with Gasteiger partial charge in [0.25, 0.3) is 5.91 Å². The summed E-state index contributed by atoms with van der Waals surface area (Å²) in [5, 5.41) is 0. The molecule has 0 unspecified atom stereocenters. The molecule has 1 rings (SSSR count). The molecule has 0 bridgehead atoms. The van der Waals surface area contributed by atoms with Gasteiger partial charge in [-0.25, -0.2) is 0 Å². The van der Waals surface area contributed by atoms with Crippen molar-refractivity contribution in [2.45, 2.75) is 0 Å². The topological polar surface area (TPSA) is 58.8 Å². The molecule has 0 atom stereocenters. The number of carbonyl (C=O) groups is 1. The lowest BCUT2D eigenvalue weighted by molar-refractivity contribution is 0.0787. The summed E-state index contributed by atoms with van der Waals surface area (Å²) < 4.78 is 5.06. The highest BCUT2D eigenvalue weighted by Crippen LogP contribution is 2.20. The van der Waals surface area contributed by atoms with Gasteiger partial charge in [-0.2, -0.15) is 0 Å². The molecule has 0 aromatic heterocycles. The summed E-state index contributed by atoms with van der Waals surface area (Å²) in [7, 11) is 7.29. The molecule has 0 fully saturated rings. The molecule has 0 saturated carbocycles. The van der Waals surface area contributed by atoms with E-state index in [1.807, 2.05) is 19.0 Å². The van der Waals surface area contributed by atoms with Crippen LogP contribution in [0.15, 0.2) is 18.2 Å². The summed E-state index contributed by atoms with van der Waals surface area (Å²) in [6.07, 6.45) is 0. The number of likely N-dealkylation sites (N-methyl/N-ethyl adjacent to an activating group) is 2. The van der Waals surface area contributed by atoms with Crippen LogP contribution in [0.1, 0.15) is 10.4 Å². The van der Waals surface area contributed by atoms with Crippen LogP contribution in [0.25, 0.3) is 0 Å². The van der Waals surface area contributed by atoms with Gasteiger partial charge in [-0.3, -0.25) is 4.79 Å². The van der Waals surface area contributed by atoms with Crippen LogP contribution in [0.3, 0.4) is 0 Å². The van der Waals surface area contributed by atoms with Crippen LogP contribution in [0.2, 0.25) is 0 Å². The van der Waals surface area contributed by atoms with Gasteiger partial charge in [0.05, 0.1) is 12.7 Å². The average Bonchev–Trinajstić information content (AvgIpc) is 2.34. The molecule has 0 heterocycles. The van der Waals surface area contributed by atoms with Gasteiger partial charge in [0.2, 0.25) is 0 Å². The Morgan fingerprint density at radius 3 is 2.44 bits per heavy atom. The first-order chi connectivity index (χ1) is 8.45. The molecule has 1 aromatic rings. The van der Waals surface area contributed by atoms with E-state index in [1.165, 1.54) is 0 Å². The Hall–Kier alpha value is -1.75. The molecule has 1 amide bonds. The van der Waals surface area contributed by atoms with E-state index in [-0.39, 0.29) is 5.91 Å². The number of carbonyl (C=O) groups excluding carboxylic acids is 1. The van der Waals surface area contributed by atoms with Crippen molar-refractivity contribution < 1.29 is 9.53 Å². The molecule has 100 valence electrons. The molecule has 0 aliphatic rings. The number of ether oxygens (including phenoxy) is 1. The lowest BCUT2D eigenvalue weighted by Crippen LogP contribution is -2.33. The fourth-order valence-corrected chi connectivity index (χ4v) is 1.52. The largest absolute Gasteiger partial charge is 0.497 e. The number of hydrogen-bond acceptors (Lipinski definition) is 4. The number of methoxy groups -OCH3 is 1. The molecule has 5 heteroatoms. The van der Waals surface area contributed by atoms with Crippen molar-refractivity contribution >= 4 is 11.6 Å². The maximum absolute atomic E-state index is 12.2. The minimum Gasteiger partial charge on any atom is -0.497 e. The zero-order valence-electron chi connectivity index (χ0n) is 11.4. The molecular weight excluding hydrogens is 230 g/mol. The molecule has 0 aliphatic heterocycles. The third kappa shape index (κ3) is 3.63. The predicted octanol–water partition coefficient (Wildman–Crippen LogP) is 0.911. The van der Waals surface area contributed by atoms with Gasteiger partial charge < -0.3 is 20.3 Å². The molecular formula is C13H21N3O2. The molecule has 2 N–H and O–H groups in total. The van der Waals surface area contributed by atoms with Gasteiger partial charge in [0, 0.05) is 31.9 Å². The SMILES string of the molecule is COc1ccc(C(=O)N(C)CCN(C)C)c(N)c1. The lowest BCUT2D eigenvalue weighted by Gasteiger charge is -2.20. The van der Waals surface area contributed by atoms with Gasteiger partial charge in [-0.05, 0) is 26.2 Å². The van der Waals surface area contributed by atoms with E-state index in [9.17, 15) is 4.79 Å². The van der Waals surface area contributed by atoms with Gasteiger partial charge >= 0.3 is 0 Å². The van der Waals surface area contributed by atoms with Crippen LogP contribution in [0, 0.1) is 0 Å². The maximum atomic E-state index is 12.2. The third-order valence-electron chi connectivity index (χ3n) is 2.72. The highest BCUT2D eigenvalue weighted by molar-refractivity contribution is 5.99. The lowest BCUT2D eigenvalue weighted by atomic mass is 10.1. The van der Waals surface area contributed by atoms with Crippen LogP contribution < -0.4 is 10.5 Å². The van der Waals surface area contributed by atoms with Crippen molar-refractivity contribution in [1.29, 1.82) is 0 Å². The van der Waals surface area contributed by atoms with Crippen LogP contribution >= 0.6 is 0 Å². The Morgan fingerprint density at radius 2 is 1.94 bits per heavy atom. The van der Waals surface area contributed by atoms with Crippen molar-refractivity contribution in [3.63, 3.8) is 0 Å². The Kier molecular flexibility index (Phi) is 4.97. The summed E-state index contributed by atoms with van der Waals surface area (Å²) in [4.78, 5) is 15.9. The summed E-state index contributed by atoms with van der Waals surface area (Å²) in [6, 6.07) is 5.10. The van der Waals surface area contributed by atoms with Crippen molar-refractivity contribution in [2.75, 3.05) is 47.1 Å². The first kappa shape index (κ1) is 14.3. The van der Waals surface area contributed by atoms with E-state index in [0.29, 0.717) is 23.5 Å². The minimum absolute atomic E-state index is 0.0722. The number of amides is 1. The second-order valence-corrected chi connectivity index (χ2v) is 4.48. The molecule has 18 heavy (non-hydrogen) atoms. The zero-order chi connectivity index (χ0) is 13.7. The van der Waals surface area contributed by atoms with Crippen LogP contribution in [-0.4, -0.2) is 57.0 Å². The number of rotatable bonds is 5. The average molecular weight is 251 g/mol. The summed E-state index contributed by atoms with van der Waals surface area (Å²) >= 11 is 0. The van der Waals surface area contributed by atoms with E-state index < -0.39 is 0 Å². The Bertz CT molecular complexity index is 419. The number of benzene rings is 1. The van der Waals surface area contributed by atoms with E-state index >= 15 is 0 Å². The quantitative estimate of drug-likeness (QED) is 0.790. The van der Waals surface area contributed by atoms with Gasteiger partial charge in [-0.15, -0.1) is 0 Å². The fraction of sp³-hybridized carbons (Fsp3) is 0.462. The molecule has 1 aromatic carbocycles. The highest BCUT2D eigenvalue weighted by atomic mass is 16.5.